The summed E-state index contributed by atoms with van der Waals surface area (Å²) in [6.45, 7) is 2.81. The second-order valence-corrected chi connectivity index (χ2v) is 18.0. The normalized spacial score (nSPS) is 13.8. The molecule has 352 valence electrons. The molecule has 0 aliphatic rings. The molecule has 0 aromatic rings. The fourth-order valence-corrected chi connectivity index (χ4v) is 7.60. The van der Waals surface area contributed by atoms with Crippen LogP contribution in [0.4, 0.5) is 0 Å². The molecule has 0 radical (unpaired) electrons. The lowest BCUT2D eigenvalue weighted by molar-refractivity contribution is -0.161. The fraction of sp³-hybridized carbons (Fsp3) is 0.854. The van der Waals surface area contributed by atoms with Gasteiger partial charge < -0.3 is 25.2 Å². The van der Waals surface area contributed by atoms with E-state index in [1.807, 2.05) is 0 Å². The quantitative estimate of drug-likeness (QED) is 0.0230. The van der Waals surface area contributed by atoms with Gasteiger partial charge in [0.15, 0.2) is 6.10 Å². The second-order valence-electron chi connectivity index (χ2n) is 16.6. The summed E-state index contributed by atoms with van der Waals surface area (Å²) < 4.78 is 32.8. The lowest BCUT2D eigenvalue weighted by Crippen LogP contribution is -2.34. The maximum atomic E-state index is 12.7. The Morgan fingerprint density at radius 2 is 0.833 bits per heavy atom. The van der Waals surface area contributed by atoms with E-state index in [4.69, 9.17) is 24.8 Å². The van der Waals surface area contributed by atoms with Crippen LogP contribution in [0.15, 0.2) is 24.3 Å². The molecule has 0 spiro atoms. The van der Waals surface area contributed by atoms with Crippen molar-refractivity contribution in [1.82, 2.24) is 0 Å². The van der Waals surface area contributed by atoms with Gasteiger partial charge in [0.05, 0.1) is 13.2 Å². The van der Waals surface area contributed by atoms with Crippen LogP contribution in [0.5, 0.6) is 0 Å². The molecule has 0 aromatic carbocycles. The highest BCUT2D eigenvalue weighted by Crippen LogP contribution is 2.43. The van der Waals surface area contributed by atoms with Gasteiger partial charge in [-0.15, -0.1) is 0 Å². The van der Waals surface area contributed by atoms with Crippen LogP contribution < -0.4 is 5.73 Å². The number of carboxylic acids is 1. The Hall–Kier alpha value is -2.04. The van der Waals surface area contributed by atoms with Crippen molar-refractivity contribution in [2.75, 3.05) is 19.8 Å². The molecule has 11 nitrogen and oxygen atoms in total. The van der Waals surface area contributed by atoms with Gasteiger partial charge in [-0.25, -0.2) is 4.57 Å². The second kappa shape index (κ2) is 43.6. The summed E-state index contributed by atoms with van der Waals surface area (Å²) in [5.74, 6) is -2.38. The topological polar surface area (TPSA) is 172 Å². The molecule has 1 unspecified atom stereocenters. The number of carbonyl (C=O) groups excluding carboxylic acids is 2. The number of carbonyl (C=O) groups is 3. The van der Waals surface area contributed by atoms with E-state index in [2.05, 4.69) is 42.7 Å². The molecule has 0 aromatic heterocycles. The van der Waals surface area contributed by atoms with Crippen LogP contribution in [0.2, 0.25) is 0 Å². The van der Waals surface area contributed by atoms with Crippen LogP contribution in [0.1, 0.15) is 232 Å². The lowest BCUT2D eigenvalue weighted by Gasteiger charge is -2.20. The molecule has 0 aliphatic carbocycles. The van der Waals surface area contributed by atoms with E-state index in [0.717, 1.165) is 57.8 Å². The predicted octanol–water partition coefficient (Wildman–Crippen LogP) is 13.4. The molecule has 0 rings (SSSR count). The van der Waals surface area contributed by atoms with E-state index < -0.39 is 51.1 Å². The first-order valence-corrected chi connectivity index (χ1v) is 25.9. The number of phosphoric ester groups is 1. The van der Waals surface area contributed by atoms with E-state index >= 15 is 0 Å². The van der Waals surface area contributed by atoms with Gasteiger partial charge in [-0.2, -0.15) is 0 Å². The number of carboxylic acid groups (broad SMARTS) is 1. The summed E-state index contributed by atoms with van der Waals surface area (Å²) in [7, 11) is -4.72. The monoisotopic (exact) mass is 872 g/mol. The first-order valence-electron chi connectivity index (χ1n) is 24.4. The van der Waals surface area contributed by atoms with Gasteiger partial charge in [0.1, 0.15) is 12.6 Å². The fourth-order valence-electron chi connectivity index (χ4n) is 6.82. The van der Waals surface area contributed by atoms with Gasteiger partial charge >= 0.3 is 25.7 Å². The van der Waals surface area contributed by atoms with E-state index in [-0.39, 0.29) is 19.4 Å². The Bertz CT molecular complexity index is 1120. The standard InChI is InChI=1S/C48H90NO10P/c1-3-5-7-9-11-13-15-17-19-20-21-22-23-24-26-28-30-32-34-36-38-40-47(51)59-44(42-57-60(54,55)58-43-45(49)48(52)53)41-56-46(50)39-37-35-33-31-29-27-25-18-16-14-12-10-8-6-4-2/h17-19,25,44-45H,3-16,20-24,26-43,49H2,1-2H3,(H,52,53)(H,54,55)/b19-17+,25-18+/t44-,45-/m0/s1. The van der Waals surface area contributed by atoms with Crippen molar-refractivity contribution in [1.29, 1.82) is 0 Å². The molecule has 3 atom stereocenters. The largest absolute Gasteiger partial charge is 0.480 e. The maximum Gasteiger partial charge on any atom is 0.472 e. The first kappa shape index (κ1) is 58.0. The number of allylic oxidation sites excluding steroid dienone is 4. The Kier molecular flexibility index (Phi) is 42.1. The SMILES string of the molecule is CCCCCCCC/C=C/CCCCCCCCCCCCCC(=O)O[C@@H](COC(=O)CCCCCCC/C=C/CCCCCCCC)COP(=O)(O)OC[C@H](N)C(=O)O. The van der Waals surface area contributed by atoms with Crippen LogP contribution in [0.3, 0.4) is 0 Å². The van der Waals surface area contributed by atoms with E-state index in [9.17, 15) is 23.8 Å². The van der Waals surface area contributed by atoms with Gasteiger partial charge in [-0.3, -0.25) is 23.4 Å². The highest BCUT2D eigenvalue weighted by atomic mass is 31.2. The summed E-state index contributed by atoms with van der Waals surface area (Å²) in [4.78, 5) is 46.1. The molecule has 0 aliphatic heterocycles. The molecule has 0 saturated heterocycles. The number of phosphoric acid groups is 1. The number of rotatable bonds is 46. The van der Waals surface area contributed by atoms with Gasteiger partial charge in [0, 0.05) is 12.8 Å². The Morgan fingerprint density at radius 1 is 0.500 bits per heavy atom. The lowest BCUT2D eigenvalue weighted by atomic mass is 10.0. The summed E-state index contributed by atoms with van der Waals surface area (Å²) in [6.07, 6.45) is 46.7. The maximum absolute atomic E-state index is 12.7. The predicted molar refractivity (Wildman–Crippen MR) is 245 cm³/mol. The summed E-state index contributed by atoms with van der Waals surface area (Å²) in [6, 6.07) is -1.52. The zero-order chi connectivity index (χ0) is 44.2. The van der Waals surface area contributed by atoms with Crippen molar-refractivity contribution in [3.05, 3.63) is 24.3 Å². The molecule has 0 heterocycles. The summed E-state index contributed by atoms with van der Waals surface area (Å²) >= 11 is 0. The van der Waals surface area contributed by atoms with E-state index in [0.29, 0.717) is 12.8 Å². The van der Waals surface area contributed by atoms with Crippen molar-refractivity contribution in [2.24, 2.45) is 5.73 Å². The van der Waals surface area contributed by atoms with Gasteiger partial charge in [0.2, 0.25) is 0 Å². The molecule has 60 heavy (non-hydrogen) atoms. The van der Waals surface area contributed by atoms with Crippen molar-refractivity contribution in [3.63, 3.8) is 0 Å². The zero-order valence-electron chi connectivity index (χ0n) is 38.3. The van der Waals surface area contributed by atoms with E-state index in [1.165, 1.54) is 135 Å². The van der Waals surface area contributed by atoms with Crippen LogP contribution >= 0.6 is 7.82 Å². The third-order valence-electron chi connectivity index (χ3n) is 10.7. The molecule has 0 bridgehead atoms. The van der Waals surface area contributed by atoms with Crippen LogP contribution in [-0.4, -0.2) is 59.9 Å². The number of nitrogens with two attached hydrogens (primary N) is 1. The Balaban J connectivity index is 4.26. The van der Waals surface area contributed by atoms with Gasteiger partial charge in [0.25, 0.3) is 0 Å². The van der Waals surface area contributed by atoms with Crippen molar-refractivity contribution in [3.8, 4) is 0 Å². The Morgan fingerprint density at radius 3 is 1.22 bits per heavy atom. The number of hydrogen-bond acceptors (Lipinski definition) is 9. The molecule has 4 N–H and O–H groups in total. The molecular formula is C48H90NO10P. The van der Waals surface area contributed by atoms with Crippen LogP contribution in [0.25, 0.3) is 0 Å². The highest BCUT2D eigenvalue weighted by Gasteiger charge is 2.28. The van der Waals surface area contributed by atoms with Gasteiger partial charge in [-0.05, 0) is 64.2 Å². The van der Waals surface area contributed by atoms with Crippen LogP contribution in [0, 0.1) is 0 Å². The number of aliphatic carboxylic acids is 1. The summed E-state index contributed by atoms with van der Waals surface area (Å²) in [5, 5.41) is 8.91. The van der Waals surface area contributed by atoms with Crippen molar-refractivity contribution >= 4 is 25.7 Å². The number of esters is 2. The molecule has 12 heteroatoms. The highest BCUT2D eigenvalue weighted by molar-refractivity contribution is 7.47. The first-order chi connectivity index (χ1) is 29.1. The number of unbranched alkanes of at least 4 members (excludes halogenated alkanes) is 28. The molecule has 0 amide bonds. The number of ether oxygens (including phenoxy) is 2. The minimum atomic E-state index is -4.72. The smallest absolute Gasteiger partial charge is 0.472 e. The van der Waals surface area contributed by atoms with Crippen molar-refractivity contribution < 1.29 is 47.5 Å². The van der Waals surface area contributed by atoms with Gasteiger partial charge in [-0.1, -0.05) is 179 Å². The molecular weight excluding hydrogens is 781 g/mol. The molecule has 0 saturated carbocycles. The van der Waals surface area contributed by atoms with Crippen LogP contribution in [-0.2, 0) is 37.5 Å². The van der Waals surface area contributed by atoms with E-state index in [1.54, 1.807) is 0 Å². The minimum absolute atomic E-state index is 0.161. The molecule has 0 fully saturated rings. The summed E-state index contributed by atoms with van der Waals surface area (Å²) in [5.41, 5.74) is 5.34. The average Bonchev–Trinajstić information content (AvgIpc) is 3.22. The third-order valence-corrected chi connectivity index (χ3v) is 11.6. The number of hydrogen-bond donors (Lipinski definition) is 3. The average molecular weight is 872 g/mol. The van der Waals surface area contributed by atoms with Crippen molar-refractivity contribution in [2.45, 2.75) is 244 Å². The Labute approximate surface area is 366 Å². The minimum Gasteiger partial charge on any atom is -0.480 e. The third kappa shape index (κ3) is 42.6. The zero-order valence-corrected chi connectivity index (χ0v) is 39.2.